The summed E-state index contributed by atoms with van der Waals surface area (Å²) in [6.07, 6.45) is 1.05. The van der Waals surface area contributed by atoms with Gasteiger partial charge in [-0.1, -0.05) is 18.2 Å². The first kappa shape index (κ1) is 20.3. The maximum Gasteiger partial charge on any atom is 0.255 e. The zero-order chi connectivity index (χ0) is 20.9. The Bertz CT molecular complexity index is 1120. The molecule has 8 heteroatoms. The molecule has 0 bridgehead atoms. The molecule has 3 rings (SSSR count). The van der Waals surface area contributed by atoms with Gasteiger partial charge in [0.25, 0.3) is 5.91 Å². The van der Waals surface area contributed by atoms with E-state index in [1.54, 1.807) is 30.3 Å². The Hall–Kier alpha value is -3.39. The lowest BCUT2D eigenvalue weighted by molar-refractivity contribution is 0.102. The van der Waals surface area contributed by atoms with Crippen LogP contribution in [0.4, 0.5) is 15.8 Å². The molecule has 29 heavy (non-hydrogen) atoms. The molecule has 1 amide bonds. The maximum absolute atomic E-state index is 13.2. The van der Waals surface area contributed by atoms with Gasteiger partial charge >= 0.3 is 0 Å². The summed E-state index contributed by atoms with van der Waals surface area (Å²) in [6.45, 7) is 0.221. The lowest BCUT2D eigenvalue weighted by Gasteiger charge is -2.10. The van der Waals surface area contributed by atoms with Crippen LogP contribution in [0.3, 0.4) is 0 Å². The van der Waals surface area contributed by atoms with Gasteiger partial charge in [0.05, 0.1) is 6.26 Å². The van der Waals surface area contributed by atoms with Crippen LogP contribution in [0.15, 0.2) is 72.8 Å². The van der Waals surface area contributed by atoms with Crippen LogP contribution in [-0.2, 0) is 16.6 Å². The summed E-state index contributed by atoms with van der Waals surface area (Å²) < 4.78 is 43.6. The van der Waals surface area contributed by atoms with Gasteiger partial charge in [-0.2, -0.15) is 0 Å². The van der Waals surface area contributed by atoms with Crippen molar-refractivity contribution in [2.75, 3.05) is 16.3 Å². The summed E-state index contributed by atoms with van der Waals surface area (Å²) in [6, 6.07) is 19.1. The van der Waals surface area contributed by atoms with Crippen molar-refractivity contribution in [3.05, 3.63) is 89.7 Å². The normalized spacial score (nSPS) is 11.0. The van der Waals surface area contributed by atoms with Gasteiger partial charge in [-0.25, -0.2) is 12.8 Å². The average Bonchev–Trinajstić information content (AvgIpc) is 2.66. The molecule has 0 saturated heterocycles. The minimum absolute atomic E-state index is 0.221. The number of nitrogens with one attached hydrogen (secondary N) is 2. The zero-order valence-electron chi connectivity index (χ0n) is 15.6. The minimum atomic E-state index is -3.37. The quantitative estimate of drug-likeness (QED) is 0.611. The van der Waals surface area contributed by atoms with E-state index >= 15 is 0 Å². The van der Waals surface area contributed by atoms with Crippen LogP contribution in [0, 0.1) is 5.82 Å². The second-order valence-corrected chi connectivity index (χ2v) is 8.10. The van der Waals surface area contributed by atoms with E-state index in [0.717, 1.165) is 11.8 Å². The molecule has 0 atom stereocenters. The van der Waals surface area contributed by atoms with Gasteiger partial charge in [-0.3, -0.25) is 9.52 Å². The Morgan fingerprint density at radius 1 is 0.966 bits per heavy atom. The van der Waals surface area contributed by atoms with Crippen molar-refractivity contribution in [2.24, 2.45) is 0 Å². The van der Waals surface area contributed by atoms with Gasteiger partial charge in [0.15, 0.2) is 0 Å². The Labute approximate surface area is 168 Å². The van der Waals surface area contributed by atoms with E-state index in [2.05, 4.69) is 10.0 Å². The fourth-order valence-corrected chi connectivity index (χ4v) is 3.13. The molecule has 0 aliphatic heterocycles. The molecule has 150 valence electrons. The van der Waals surface area contributed by atoms with Crippen LogP contribution >= 0.6 is 0 Å². The highest BCUT2D eigenvalue weighted by Gasteiger charge is 2.08. The predicted octanol–water partition coefficient (Wildman–Crippen LogP) is 4.03. The number of ether oxygens (including phenoxy) is 1. The number of sulfonamides is 1. The van der Waals surface area contributed by atoms with E-state index in [9.17, 15) is 17.6 Å². The van der Waals surface area contributed by atoms with Crippen LogP contribution in [0.5, 0.6) is 5.75 Å². The zero-order valence-corrected chi connectivity index (χ0v) is 16.4. The van der Waals surface area contributed by atoms with Crippen LogP contribution in [0.1, 0.15) is 15.9 Å². The second kappa shape index (κ2) is 8.74. The number of carbonyl (C=O) groups is 1. The first-order valence-corrected chi connectivity index (χ1v) is 10.5. The van der Waals surface area contributed by atoms with Gasteiger partial charge < -0.3 is 10.1 Å². The Morgan fingerprint density at radius 3 is 2.38 bits per heavy atom. The van der Waals surface area contributed by atoms with Crippen LogP contribution < -0.4 is 14.8 Å². The molecule has 3 aromatic carbocycles. The monoisotopic (exact) mass is 414 g/mol. The van der Waals surface area contributed by atoms with E-state index in [0.29, 0.717) is 22.7 Å². The molecular formula is C21H19FN2O4S. The van der Waals surface area contributed by atoms with Crippen molar-refractivity contribution in [2.45, 2.75) is 6.61 Å². The standard InChI is InChI=1S/C21H19FN2O4S/c1-29(26,27)24-18-10-8-16(9-11-18)21(25)23-19-6-2-4-15(12-19)14-28-20-7-3-5-17(22)13-20/h2-13,24H,14H2,1H3,(H,23,25). The molecule has 0 saturated carbocycles. The van der Waals surface area contributed by atoms with Crippen LogP contribution in [0.2, 0.25) is 0 Å². The van der Waals surface area contributed by atoms with Crippen molar-refractivity contribution >= 4 is 27.3 Å². The molecular weight excluding hydrogens is 395 g/mol. The van der Waals surface area contributed by atoms with Crippen molar-refractivity contribution in [1.82, 2.24) is 0 Å². The van der Waals surface area contributed by atoms with E-state index in [1.165, 1.54) is 36.4 Å². The summed E-state index contributed by atoms with van der Waals surface area (Å²) >= 11 is 0. The Kier molecular flexibility index (Phi) is 6.13. The van der Waals surface area contributed by atoms with Gasteiger partial charge in [-0.05, 0) is 54.1 Å². The smallest absolute Gasteiger partial charge is 0.255 e. The average molecular weight is 414 g/mol. The largest absolute Gasteiger partial charge is 0.489 e. The fourth-order valence-electron chi connectivity index (χ4n) is 2.57. The van der Waals surface area contributed by atoms with Gasteiger partial charge in [-0.15, -0.1) is 0 Å². The van der Waals surface area contributed by atoms with Crippen molar-refractivity contribution in [1.29, 1.82) is 0 Å². The Morgan fingerprint density at radius 2 is 1.69 bits per heavy atom. The highest BCUT2D eigenvalue weighted by molar-refractivity contribution is 7.92. The Balaban J connectivity index is 1.62. The number of carbonyl (C=O) groups excluding carboxylic acids is 1. The highest BCUT2D eigenvalue weighted by atomic mass is 32.2. The summed E-state index contributed by atoms with van der Waals surface area (Å²) in [4.78, 5) is 12.4. The topological polar surface area (TPSA) is 84.5 Å². The molecule has 2 N–H and O–H groups in total. The van der Waals surface area contributed by atoms with Gasteiger partial charge in [0.2, 0.25) is 10.0 Å². The predicted molar refractivity (Wildman–Crippen MR) is 110 cm³/mol. The summed E-state index contributed by atoms with van der Waals surface area (Å²) in [5.41, 5.74) is 2.14. The lowest BCUT2D eigenvalue weighted by Crippen LogP contribution is -2.13. The van der Waals surface area contributed by atoms with E-state index in [4.69, 9.17) is 4.74 Å². The summed E-state index contributed by atoms with van der Waals surface area (Å²) in [5, 5.41) is 2.78. The first-order valence-electron chi connectivity index (χ1n) is 8.65. The van der Waals surface area contributed by atoms with Crippen molar-refractivity contribution in [3.8, 4) is 5.75 Å². The second-order valence-electron chi connectivity index (χ2n) is 6.35. The third-order valence-corrected chi connectivity index (χ3v) is 4.44. The number of rotatable bonds is 7. The number of hydrogen-bond acceptors (Lipinski definition) is 4. The molecule has 0 radical (unpaired) electrons. The number of hydrogen-bond donors (Lipinski definition) is 2. The van der Waals surface area contributed by atoms with E-state index in [1.807, 2.05) is 6.07 Å². The van der Waals surface area contributed by atoms with Crippen LogP contribution in [-0.4, -0.2) is 20.6 Å². The van der Waals surface area contributed by atoms with Gasteiger partial charge in [0, 0.05) is 23.0 Å². The van der Waals surface area contributed by atoms with Crippen molar-refractivity contribution < 1.29 is 22.3 Å². The summed E-state index contributed by atoms with van der Waals surface area (Å²) in [5.74, 6) is -0.289. The number of halogens is 1. The lowest BCUT2D eigenvalue weighted by atomic mass is 10.1. The number of amides is 1. The minimum Gasteiger partial charge on any atom is -0.489 e. The molecule has 0 aliphatic carbocycles. The fraction of sp³-hybridized carbons (Fsp3) is 0.0952. The first-order chi connectivity index (χ1) is 13.8. The molecule has 6 nitrogen and oxygen atoms in total. The molecule has 0 heterocycles. The molecule has 3 aromatic rings. The highest BCUT2D eigenvalue weighted by Crippen LogP contribution is 2.18. The van der Waals surface area contributed by atoms with E-state index in [-0.39, 0.29) is 18.3 Å². The maximum atomic E-state index is 13.2. The molecule has 0 aromatic heterocycles. The van der Waals surface area contributed by atoms with Crippen molar-refractivity contribution in [3.63, 3.8) is 0 Å². The third kappa shape index (κ3) is 6.32. The van der Waals surface area contributed by atoms with E-state index < -0.39 is 10.0 Å². The van der Waals surface area contributed by atoms with Gasteiger partial charge in [0.1, 0.15) is 18.2 Å². The SMILES string of the molecule is CS(=O)(=O)Nc1ccc(C(=O)Nc2cccc(COc3cccc(F)c3)c2)cc1. The number of anilines is 2. The number of benzene rings is 3. The summed E-state index contributed by atoms with van der Waals surface area (Å²) in [7, 11) is -3.37. The molecule has 0 aliphatic rings. The molecule has 0 fully saturated rings. The molecule has 0 spiro atoms. The molecule has 0 unspecified atom stereocenters. The van der Waals surface area contributed by atoms with Crippen LogP contribution in [0.25, 0.3) is 0 Å². The third-order valence-electron chi connectivity index (χ3n) is 3.84.